The Morgan fingerprint density at radius 3 is 2.38 bits per heavy atom. The molecule has 0 aliphatic rings. The van der Waals surface area contributed by atoms with Gasteiger partial charge in [-0.1, -0.05) is 77.8 Å². The Labute approximate surface area is 228 Å². The van der Waals surface area contributed by atoms with Crippen molar-refractivity contribution in [1.29, 1.82) is 0 Å². The van der Waals surface area contributed by atoms with E-state index in [0.29, 0.717) is 29.6 Å². The van der Waals surface area contributed by atoms with Crippen LogP contribution in [-0.2, 0) is 18.4 Å². The molecule has 0 fully saturated rings. The Kier molecular flexibility index (Phi) is 9.40. The average molecular weight is 537 g/mol. The van der Waals surface area contributed by atoms with E-state index in [-0.39, 0.29) is 5.91 Å². The van der Waals surface area contributed by atoms with Crippen LogP contribution in [-0.4, -0.2) is 23.6 Å². The van der Waals surface area contributed by atoms with E-state index in [1.165, 1.54) is 11.1 Å². The summed E-state index contributed by atoms with van der Waals surface area (Å²) in [5, 5.41) is 3.90. The van der Waals surface area contributed by atoms with Crippen LogP contribution < -0.4 is 15.6 Å². The molecule has 0 saturated carbocycles. The van der Waals surface area contributed by atoms with Crippen molar-refractivity contribution in [3.05, 3.63) is 88.2 Å². The molecule has 0 saturated heterocycles. The van der Waals surface area contributed by atoms with Crippen LogP contribution in [0, 0.1) is 0 Å². The number of hydrogen-bond acceptors (Lipinski definition) is 2. The van der Waals surface area contributed by atoms with Gasteiger partial charge in [-0.3, -0.25) is 4.79 Å². The molecule has 7 heteroatoms. The molecule has 1 aromatic heterocycles. The number of carbonyl (C=O) groups is 1. The van der Waals surface area contributed by atoms with Crippen LogP contribution in [0.25, 0.3) is 34.3 Å². The van der Waals surface area contributed by atoms with E-state index in [0.717, 1.165) is 48.2 Å². The van der Waals surface area contributed by atoms with Gasteiger partial charge in [-0.2, -0.15) is 0 Å². The Morgan fingerprint density at radius 1 is 0.946 bits per heavy atom. The number of nitrogens with two attached hydrogens (primary N) is 1. The summed E-state index contributed by atoms with van der Waals surface area (Å²) in [6.07, 6.45) is 7.52. The summed E-state index contributed by atoms with van der Waals surface area (Å²) < 4.78 is 4.42. The van der Waals surface area contributed by atoms with Gasteiger partial charge in [0.15, 0.2) is 11.0 Å². The molecule has 5 nitrogen and oxygen atoms in total. The van der Waals surface area contributed by atoms with Gasteiger partial charge in [-0.15, -0.1) is 0 Å². The SMILES string of the molecule is C[n+]1c(/C=C/c2ccc(-c3ccccc3)cc2)n(CCCCCC(=O)NCCN)c2cc(Cl)c(Cl)cc21. The predicted molar refractivity (Wildman–Crippen MR) is 154 cm³/mol. The molecule has 192 valence electrons. The second-order valence-corrected chi connectivity index (χ2v) is 9.91. The number of rotatable bonds is 11. The van der Waals surface area contributed by atoms with Crippen LogP contribution in [0.4, 0.5) is 0 Å². The summed E-state index contributed by atoms with van der Waals surface area (Å²) in [7, 11) is 2.04. The molecule has 4 rings (SSSR count). The predicted octanol–water partition coefficient (Wildman–Crippen LogP) is 6.25. The maximum Gasteiger partial charge on any atom is 0.282 e. The van der Waals surface area contributed by atoms with E-state index in [9.17, 15) is 4.79 Å². The second kappa shape index (κ2) is 12.9. The number of hydrogen-bond donors (Lipinski definition) is 2. The van der Waals surface area contributed by atoms with Gasteiger partial charge < -0.3 is 11.1 Å². The minimum atomic E-state index is 0.0617. The van der Waals surface area contributed by atoms with Gasteiger partial charge in [0.1, 0.15) is 0 Å². The largest absolute Gasteiger partial charge is 0.355 e. The fraction of sp³-hybridized carbons (Fsp3) is 0.267. The normalized spacial score (nSPS) is 11.5. The topological polar surface area (TPSA) is 63.9 Å². The number of halogens is 2. The maximum atomic E-state index is 11.8. The molecule has 37 heavy (non-hydrogen) atoms. The number of carbonyl (C=O) groups excluding carboxylic acids is 1. The minimum absolute atomic E-state index is 0.0617. The molecule has 0 radical (unpaired) electrons. The first-order chi connectivity index (χ1) is 18.0. The molecule has 4 aromatic rings. The number of nitrogens with one attached hydrogen (secondary N) is 1. The molecule has 0 atom stereocenters. The third kappa shape index (κ3) is 6.80. The highest BCUT2D eigenvalue weighted by Crippen LogP contribution is 2.28. The summed E-state index contributed by atoms with van der Waals surface area (Å²) >= 11 is 12.7. The standard InChI is InChI=1S/C30H32Cl2N4O/c1-35-27-20-25(31)26(32)21-28(27)36(19-7-3-6-10-29(37)34-18-17-33)30(35)16-13-22-11-14-24(15-12-22)23-8-4-2-5-9-23/h2,4-5,8-9,11-16,20-21H,3,6-7,10,17-19,33H2,1H3/p+1/b16-13+. The second-order valence-electron chi connectivity index (χ2n) is 9.09. The van der Waals surface area contributed by atoms with Crippen molar-refractivity contribution in [2.75, 3.05) is 13.1 Å². The monoisotopic (exact) mass is 535 g/mol. The van der Waals surface area contributed by atoms with Gasteiger partial charge in [-0.25, -0.2) is 9.13 Å². The first-order valence-corrected chi connectivity index (χ1v) is 13.4. The van der Waals surface area contributed by atoms with Crippen LogP contribution in [0.2, 0.25) is 10.0 Å². The van der Waals surface area contributed by atoms with Gasteiger partial charge in [0.2, 0.25) is 5.91 Å². The number of aromatic nitrogens is 2. The van der Waals surface area contributed by atoms with Crippen molar-refractivity contribution in [2.24, 2.45) is 12.8 Å². The van der Waals surface area contributed by atoms with Crippen LogP contribution in [0.15, 0.2) is 66.7 Å². The number of imidazole rings is 1. The lowest BCUT2D eigenvalue weighted by molar-refractivity contribution is -0.647. The first-order valence-electron chi connectivity index (χ1n) is 12.7. The van der Waals surface area contributed by atoms with Crippen LogP contribution in [0.1, 0.15) is 37.1 Å². The molecule has 0 unspecified atom stereocenters. The molecule has 3 aromatic carbocycles. The van der Waals surface area contributed by atoms with E-state index in [2.05, 4.69) is 75.1 Å². The fourth-order valence-electron chi connectivity index (χ4n) is 4.50. The molecule has 0 aliphatic heterocycles. The van der Waals surface area contributed by atoms with E-state index in [1.54, 1.807) is 0 Å². The Balaban J connectivity index is 1.53. The van der Waals surface area contributed by atoms with Crippen molar-refractivity contribution < 1.29 is 9.36 Å². The molecule has 3 N–H and O–H groups in total. The summed E-state index contributed by atoms with van der Waals surface area (Å²) in [4.78, 5) is 11.8. The number of benzene rings is 3. The highest BCUT2D eigenvalue weighted by molar-refractivity contribution is 6.42. The van der Waals surface area contributed by atoms with Crippen LogP contribution in [0.5, 0.6) is 0 Å². The van der Waals surface area contributed by atoms with Crippen molar-refractivity contribution in [2.45, 2.75) is 32.2 Å². The lowest BCUT2D eigenvalue weighted by atomic mass is 10.0. The summed E-state index contributed by atoms with van der Waals surface area (Å²) in [5.74, 6) is 1.12. The van der Waals surface area contributed by atoms with Crippen molar-refractivity contribution in [3.63, 3.8) is 0 Å². The lowest BCUT2D eigenvalue weighted by Gasteiger charge is -2.04. The van der Waals surface area contributed by atoms with Gasteiger partial charge in [0.25, 0.3) is 5.82 Å². The van der Waals surface area contributed by atoms with Crippen molar-refractivity contribution >= 4 is 52.3 Å². The first kappa shape index (κ1) is 26.9. The van der Waals surface area contributed by atoms with Crippen molar-refractivity contribution in [3.8, 4) is 11.1 Å². The summed E-state index contributed by atoms with van der Waals surface area (Å²) in [6.45, 7) is 1.80. The lowest BCUT2D eigenvalue weighted by Crippen LogP contribution is -2.31. The minimum Gasteiger partial charge on any atom is -0.355 e. The zero-order valence-corrected chi connectivity index (χ0v) is 22.6. The molecule has 1 amide bonds. The Hall–Kier alpha value is -3.12. The summed E-state index contributed by atoms with van der Waals surface area (Å²) in [6, 6.07) is 22.8. The zero-order chi connectivity index (χ0) is 26.2. The smallest absolute Gasteiger partial charge is 0.282 e. The Morgan fingerprint density at radius 2 is 1.65 bits per heavy atom. The van der Waals surface area contributed by atoms with Crippen LogP contribution >= 0.6 is 23.2 Å². The highest BCUT2D eigenvalue weighted by Gasteiger charge is 2.22. The molecule has 0 aliphatic carbocycles. The molecule has 1 heterocycles. The number of unbranched alkanes of at least 4 members (excludes halogenated alkanes) is 2. The number of nitrogens with zero attached hydrogens (tertiary/aromatic N) is 2. The van der Waals surface area contributed by atoms with Gasteiger partial charge in [0, 0.05) is 37.7 Å². The fourth-order valence-corrected chi connectivity index (χ4v) is 4.81. The molecule has 0 bridgehead atoms. The number of fused-ring (bicyclic) bond motifs is 1. The number of amides is 1. The number of aryl methyl sites for hydroxylation is 2. The highest BCUT2D eigenvalue weighted by atomic mass is 35.5. The van der Waals surface area contributed by atoms with Crippen molar-refractivity contribution in [1.82, 2.24) is 9.88 Å². The maximum absolute atomic E-state index is 11.8. The third-order valence-corrected chi connectivity index (χ3v) is 7.21. The quantitative estimate of drug-likeness (QED) is 0.176. The zero-order valence-electron chi connectivity index (χ0n) is 21.1. The van der Waals surface area contributed by atoms with E-state index >= 15 is 0 Å². The summed E-state index contributed by atoms with van der Waals surface area (Å²) in [5.41, 5.74) is 11.0. The molecule has 0 spiro atoms. The van der Waals surface area contributed by atoms with Gasteiger partial charge in [0.05, 0.1) is 23.6 Å². The van der Waals surface area contributed by atoms with E-state index in [4.69, 9.17) is 28.9 Å². The van der Waals surface area contributed by atoms with E-state index < -0.39 is 0 Å². The molecular weight excluding hydrogens is 503 g/mol. The average Bonchev–Trinajstić information content (AvgIpc) is 3.16. The van der Waals surface area contributed by atoms with E-state index in [1.807, 2.05) is 25.2 Å². The van der Waals surface area contributed by atoms with Gasteiger partial charge >= 0.3 is 0 Å². The molecular formula is C30H33Cl2N4O+. The third-order valence-electron chi connectivity index (χ3n) is 6.48. The van der Waals surface area contributed by atoms with Crippen LogP contribution in [0.3, 0.4) is 0 Å². The Bertz CT molecular complexity index is 1380. The van der Waals surface area contributed by atoms with Gasteiger partial charge in [-0.05, 0) is 42.0 Å².